The van der Waals surface area contributed by atoms with Crippen LogP contribution in [0.3, 0.4) is 0 Å². The van der Waals surface area contributed by atoms with E-state index in [1.807, 2.05) is 24.3 Å². The molecule has 0 bridgehead atoms. The SMILES string of the molecule is COc1nc(N[C@H]2CCN(C(=O)CO)C[C@H]2F)nn2ccc(-c3ccc4nnn(C[C@@H](C)F)c4c3)c12. The number of piperidine rings is 1. The number of benzene rings is 1. The van der Waals surface area contributed by atoms with Crippen molar-refractivity contribution in [3.05, 3.63) is 30.5 Å². The number of ether oxygens (including phenoxy) is 1. The molecule has 4 heterocycles. The maximum Gasteiger partial charge on any atom is 0.248 e. The average molecular weight is 501 g/mol. The number of aliphatic hydroxyl groups is 1. The van der Waals surface area contributed by atoms with Crippen LogP contribution in [0.25, 0.3) is 27.7 Å². The highest BCUT2D eigenvalue weighted by atomic mass is 19.1. The van der Waals surface area contributed by atoms with Gasteiger partial charge in [0.25, 0.3) is 0 Å². The van der Waals surface area contributed by atoms with Gasteiger partial charge in [-0.1, -0.05) is 11.3 Å². The molecule has 13 heteroatoms. The molecule has 11 nitrogen and oxygen atoms in total. The van der Waals surface area contributed by atoms with Gasteiger partial charge in [-0.15, -0.1) is 10.2 Å². The minimum Gasteiger partial charge on any atom is -0.479 e. The van der Waals surface area contributed by atoms with Crippen LogP contribution in [0.5, 0.6) is 5.88 Å². The van der Waals surface area contributed by atoms with Crippen molar-refractivity contribution in [3.8, 4) is 17.0 Å². The molecule has 0 aliphatic carbocycles. The Balaban J connectivity index is 1.44. The van der Waals surface area contributed by atoms with Crippen molar-refractivity contribution < 1.29 is 23.4 Å². The summed E-state index contributed by atoms with van der Waals surface area (Å²) in [6, 6.07) is 6.85. The normalized spacial score (nSPS) is 19.1. The minimum absolute atomic E-state index is 0.0978. The molecule has 36 heavy (non-hydrogen) atoms. The van der Waals surface area contributed by atoms with E-state index in [-0.39, 0.29) is 19.0 Å². The molecule has 0 spiro atoms. The number of aliphatic hydroxyl groups excluding tert-OH is 1. The van der Waals surface area contributed by atoms with Crippen LogP contribution in [-0.2, 0) is 11.3 Å². The number of rotatable bonds is 7. The molecule has 1 aliphatic heterocycles. The van der Waals surface area contributed by atoms with Crippen LogP contribution < -0.4 is 10.1 Å². The molecular weight excluding hydrogens is 474 g/mol. The second kappa shape index (κ2) is 9.64. The van der Waals surface area contributed by atoms with Gasteiger partial charge < -0.3 is 20.1 Å². The van der Waals surface area contributed by atoms with Gasteiger partial charge in [-0.25, -0.2) is 18.0 Å². The van der Waals surface area contributed by atoms with Gasteiger partial charge >= 0.3 is 0 Å². The number of carbonyl (C=O) groups excluding carboxylic acids is 1. The number of hydrogen-bond acceptors (Lipinski definition) is 8. The second-order valence-corrected chi connectivity index (χ2v) is 8.78. The Hall–Kier alpha value is -3.87. The molecule has 3 atom stereocenters. The topological polar surface area (TPSA) is 123 Å². The average Bonchev–Trinajstić information content (AvgIpc) is 3.47. The smallest absolute Gasteiger partial charge is 0.248 e. The lowest BCUT2D eigenvalue weighted by Crippen LogP contribution is -2.50. The van der Waals surface area contributed by atoms with E-state index >= 15 is 0 Å². The number of aromatic nitrogens is 6. The van der Waals surface area contributed by atoms with Gasteiger partial charge in [0, 0.05) is 18.3 Å². The van der Waals surface area contributed by atoms with Crippen LogP contribution in [0, 0.1) is 0 Å². The lowest BCUT2D eigenvalue weighted by molar-refractivity contribution is -0.136. The molecule has 190 valence electrons. The maximum absolute atomic E-state index is 14.7. The molecule has 0 saturated carbocycles. The molecule has 4 aromatic rings. The van der Waals surface area contributed by atoms with Gasteiger partial charge in [-0.3, -0.25) is 4.79 Å². The van der Waals surface area contributed by atoms with Gasteiger partial charge in [0.2, 0.25) is 17.7 Å². The zero-order chi connectivity index (χ0) is 25.4. The first-order valence-electron chi connectivity index (χ1n) is 11.6. The lowest BCUT2D eigenvalue weighted by atomic mass is 10.0. The standard InChI is InChI=1S/C23H26F2N8O3/c1-13(24)10-33-19-9-14(3-4-18(19)28-30-33)15-5-8-32-21(15)22(36-2)27-23(29-32)26-17-6-7-31(11-16(17)25)20(35)12-34/h3-5,8-9,13,16-17,34H,6-7,10-12H2,1-2H3,(H,26,29)/t13-,16-,17+/m1/s1. The fourth-order valence-electron chi connectivity index (χ4n) is 4.49. The Morgan fingerprint density at radius 1 is 1.36 bits per heavy atom. The molecule has 0 unspecified atom stereocenters. The Morgan fingerprint density at radius 3 is 2.92 bits per heavy atom. The number of carbonyl (C=O) groups is 1. The second-order valence-electron chi connectivity index (χ2n) is 8.78. The van der Waals surface area contributed by atoms with E-state index < -0.39 is 30.9 Å². The Bertz CT molecular complexity index is 1410. The van der Waals surface area contributed by atoms with Crippen LogP contribution in [0.1, 0.15) is 13.3 Å². The fraction of sp³-hybridized carbons (Fsp3) is 0.435. The predicted octanol–water partition coefficient (Wildman–Crippen LogP) is 1.85. The van der Waals surface area contributed by atoms with E-state index in [4.69, 9.17) is 9.84 Å². The molecule has 5 rings (SSSR count). The summed E-state index contributed by atoms with van der Waals surface area (Å²) in [5, 5.41) is 24.7. The molecule has 2 N–H and O–H groups in total. The first kappa shape index (κ1) is 23.9. The van der Waals surface area contributed by atoms with Crippen molar-refractivity contribution >= 4 is 28.4 Å². The van der Waals surface area contributed by atoms with E-state index in [1.54, 1.807) is 10.7 Å². The van der Waals surface area contributed by atoms with Crippen molar-refractivity contribution in [1.82, 2.24) is 34.5 Å². The van der Waals surface area contributed by atoms with Crippen molar-refractivity contribution in [1.29, 1.82) is 0 Å². The predicted molar refractivity (Wildman–Crippen MR) is 127 cm³/mol. The number of methoxy groups -OCH3 is 1. The Kier molecular flexibility index (Phi) is 6.39. The highest BCUT2D eigenvalue weighted by molar-refractivity contribution is 5.89. The Morgan fingerprint density at radius 2 is 2.19 bits per heavy atom. The third kappa shape index (κ3) is 4.41. The first-order chi connectivity index (χ1) is 17.4. The van der Waals surface area contributed by atoms with E-state index in [1.165, 1.54) is 23.6 Å². The minimum atomic E-state index is -1.35. The summed E-state index contributed by atoms with van der Waals surface area (Å²) in [4.78, 5) is 17.4. The van der Waals surface area contributed by atoms with Gasteiger partial charge in [0.15, 0.2) is 0 Å². The summed E-state index contributed by atoms with van der Waals surface area (Å²) in [5.74, 6) is -0.0165. The Labute approximate surface area is 204 Å². The van der Waals surface area contributed by atoms with E-state index in [0.717, 1.165) is 11.1 Å². The zero-order valence-corrected chi connectivity index (χ0v) is 19.8. The first-order valence-corrected chi connectivity index (χ1v) is 11.6. The molecule has 1 aromatic carbocycles. The summed E-state index contributed by atoms with van der Waals surface area (Å²) in [7, 11) is 1.49. The zero-order valence-electron chi connectivity index (χ0n) is 19.8. The van der Waals surface area contributed by atoms with Gasteiger partial charge in [-0.2, -0.15) is 4.98 Å². The molecular formula is C23H26F2N8O3. The van der Waals surface area contributed by atoms with Crippen molar-refractivity contribution in [2.75, 3.05) is 32.1 Å². The monoisotopic (exact) mass is 500 g/mol. The number of hydrogen-bond donors (Lipinski definition) is 2. The number of halogens is 2. The highest BCUT2D eigenvalue weighted by Crippen LogP contribution is 2.33. The van der Waals surface area contributed by atoms with Crippen LogP contribution in [0.4, 0.5) is 14.7 Å². The summed E-state index contributed by atoms with van der Waals surface area (Å²) in [5.41, 5.74) is 3.59. The van der Waals surface area contributed by atoms with Gasteiger partial charge in [0.05, 0.1) is 31.8 Å². The fourth-order valence-corrected chi connectivity index (χ4v) is 4.49. The molecule has 3 aromatic heterocycles. The number of anilines is 1. The number of nitrogens with one attached hydrogen (secondary N) is 1. The molecule has 1 amide bonds. The third-order valence-corrected chi connectivity index (χ3v) is 6.27. The molecule has 1 saturated heterocycles. The summed E-state index contributed by atoms with van der Waals surface area (Å²) < 4.78 is 37.0. The van der Waals surface area contributed by atoms with E-state index in [9.17, 15) is 13.6 Å². The molecule has 0 radical (unpaired) electrons. The number of alkyl halides is 2. The molecule has 1 fully saturated rings. The maximum atomic E-state index is 14.7. The van der Waals surface area contributed by atoms with E-state index in [0.29, 0.717) is 35.4 Å². The molecule has 1 aliphatic rings. The van der Waals surface area contributed by atoms with Gasteiger partial charge in [0.1, 0.15) is 30.0 Å². The van der Waals surface area contributed by atoms with Crippen LogP contribution in [-0.4, -0.2) is 90.7 Å². The quantitative estimate of drug-likeness (QED) is 0.394. The third-order valence-electron chi connectivity index (χ3n) is 6.27. The van der Waals surface area contributed by atoms with Crippen LogP contribution in [0.2, 0.25) is 0 Å². The van der Waals surface area contributed by atoms with Crippen LogP contribution in [0.15, 0.2) is 30.5 Å². The van der Waals surface area contributed by atoms with Gasteiger partial charge in [-0.05, 0) is 37.1 Å². The lowest BCUT2D eigenvalue weighted by Gasteiger charge is -2.34. The number of likely N-dealkylation sites (tertiary alicyclic amines) is 1. The van der Waals surface area contributed by atoms with Crippen molar-refractivity contribution in [2.45, 2.75) is 38.3 Å². The van der Waals surface area contributed by atoms with Crippen molar-refractivity contribution in [3.63, 3.8) is 0 Å². The highest BCUT2D eigenvalue weighted by Gasteiger charge is 2.32. The number of fused-ring (bicyclic) bond motifs is 2. The number of amides is 1. The largest absolute Gasteiger partial charge is 0.479 e. The summed E-state index contributed by atoms with van der Waals surface area (Å²) in [6.45, 7) is 1.13. The summed E-state index contributed by atoms with van der Waals surface area (Å²) >= 11 is 0. The van der Waals surface area contributed by atoms with Crippen molar-refractivity contribution in [2.24, 2.45) is 0 Å². The van der Waals surface area contributed by atoms with E-state index in [2.05, 4.69) is 25.7 Å². The summed E-state index contributed by atoms with van der Waals surface area (Å²) in [6.07, 6.45) is -0.331. The van der Waals surface area contributed by atoms with Crippen LogP contribution >= 0.6 is 0 Å². The number of nitrogens with zero attached hydrogens (tertiary/aromatic N) is 7.